The third kappa shape index (κ3) is 5.29. The number of piperidine rings is 1. The Kier molecular flexibility index (Phi) is 8.08. The third-order valence-electron chi connectivity index (χ3n) is 7.79. The van der Waals surface area contributed by atoms with Crippen LogP contribution in [0.15, 0.2) is 29.1 Å². The molecule has 2 heterocycles. The lowest BCUT2D eigenvalue weighted by Crippen LogP contribution is -2.47. The van der Waals surface area contributed by atoms with E-state index in [2.05, 4.69) is 46.7 Å². The van der Waals surface area contributed by atoms with Crippen LogP contribution in [-0.4, -0.2) is 65.8 Å². The van der Waals surface area contributed by atoms with E-state index in [1.807, 2.05) is 10.6 Å². The predicted molar refractivity (Wildman–Crippen MR) is 133 cm³/mol. The second kappa shape index (κ2) is 11.0. The molecule has 0 bridgehead atoms. The summed E-state index contributed by atoms with van der Waals surface area (Å²) in [5.74, 6) is 1.16. The van der Waals surface area contributed by atoms with Crippen LogP contribution < -0.4 is 11.4 Å². The largest absolute Gasteiger partial charge is 0.330 e. The number of likely N-dealkylation sites (tertiary alicyclic amines) is 1. The lowest BCUT2D eigenvalue weighted by Gasteiger charge is -2.40. The minimum Gasteiger partial charge on any atom is -0.330 e. The van der Waals surface area contributed by atoms with Crippen molar-refractivity contribution in [3.05, 3.63) is 34.7 Å². The van der Waals surface area contributed by atoms with Crippen molar-refractivity contribution < 1.29 is 0 Å². The van der Waals surface area contributed by atoms with Crippen LogP contribution in [0.1, 0.15) is 57.4 Å². The maximum Gasteiger partial charge on any atom is 0.329 e. The average Bonchev–Trinajstić information content (AvgIpc) is 3.05. The molecule has 6 nitrogen and oxygen atoms in total. The molecule has 1 aliphatic heterocycles. The number of hydrogen-bond donors (Lipinski definition) is 1. The number of benzene rings is 1. The fourth-order valence-electron chi connectivity index (χ4n) is 5.99. The molecule has 4 rings (SSSR count). The first-order valence-electron chi connectivity index (χ1n) is 12.9. The topological polar surface area (TPSA) is 59.4 Å². The molecule has 2 atom stereocenters. The molecule has 1 aromatic carbocycles. The van der Waals surface area contributed by atoms with Gasteiger partial charge in [0.2, 0.25) is 0 Å². The number of nitrogens with zero attached hydrogens (tertiary/aromatic N) is 4. The van der Waals surface area contributed by atoms with E-state index in [1.54, 1.807) is 0 Å². The predicted octanol–water partition coefficient (Wildman–Crippen LogP) is 3.55. The van der Waals surface area contributed by atoms with Crippen molar-refractivity contribution in [3.8, 4) is 0 Å². The van der Waals surface area contributed by atoms with Gasteiger partial charge in [-0.25, -0.2) is 4.79 Å². The van der Waals surface area contributed by atoms with E-state index in [9.17, 15) is 4.79 Å². The van der Waals surface area contributed by atoms with Gasteiger partial charge in [-0.2, -0.15) is 0 Å². The van der Waals surface area contributed by atoms with E-state index in [-0.39, 0.29) is 11.7 Å². The molecule has 1 aromatic heterocycles. The Balaban J connectivity index is 1.53. The number of imidazole rings is 1. The maximum absolute atomic E-state index is 13.6. The first kappa shape index (κ1) is 23.5. The Morgan fingerprint density at radius 3 is 2.38 bits per heavy atom. The lowest BCUT2D eigenvalue weighted by molar-refractivity contribution is 0.105. The van der Waals surface area contributed by atoms with Crippen LogP contribution in [0, 0.1) is 11.8 Å². The van der Waals surface area contributed by atoms with Gasteiger partial charge in [-0.3, -0.25) is 9.13 Å². The van der Waals surface area contributed by atoms with Crippen LogP contribution in [0.2, 0.25) is 0 Å². The van der Waals surface area contributed by atoms with Crippen LogP contribution in [0.5, 0.6) is 0 Å². The van der Waals surface area contributed by atoms with Gasteiger partial charge in [-0.1, -0.05) is 44.2 Å². The molecule has 1 saturated carbocycles. The number of aromatic nitrogens is 2. The Morgan fingerprint density at radius 2 is 1.69 bits per heavy atom. The van der Waals surface area contributed by atoms with Gasteiger partial charge in [-0.05, 0) is 58.0 Å². The standard InChI is InChI=1S/C26H43N5O/c1-28(2)16-17-30-24-12-8-9-13-25(24)31(26(30)32)23-14-15-29(20-22(23)18-27)19-21-10-6-4-3-5-7-11-21/h8-9,12-13,21-23H,3-7,10-11,14-20,27H2,1-2H3. The summed E-state index contributed by atoms with van der Waals surface area (Å²) in [6, 6.07) is 8.47. The van der Waals surface area contributed by atoms with E-state index in [4.69, 9.17) is 5.73 Å². The molecule has 2 N–H and O–H groups in total. The summed E-state index contributed by atoms with van der Waals surface area (Å²) in [5.41, 5.74) is 8.56. The van der Waals surface area contributed by atoms with Crippen molar-refractivity contribution in [2.24, 2.45) is 17.6 Å². The molecular formula is C26H43N5O. The Bertz CT molecular complexity index is 909. The van der Waals surface area contributed by atoms with Crippen LogP contribution >= 0.6 is 0 Å². The molecule has 2 aliphatic rings. The highest BCUT2D eigenvalue weighted by Crippen LogP contribution is 2.32. The number of hydrogen-bond acceptors (Lipinski definition) is 4. The minimum absolute atomic E-state index is 0.130. The maximum atomic E-state index is 13.6. The molecule has 32 heavy (non-hydrogen) atoms. The van der Waals surface area contributed by atoms with Gasteiger partial charge >= 0.3 is 5.69 Å². The van der Waals surface area contributed by atoms with E-state index < -0.39 is 0 Å². The molecule has 1 saturated heterocycles. The molecule has 2 aromatic rings. The number of likely N-dealkylation sites (N-methyl/N-ethyl adjacent to an activating group) is 1. The fourth-order valence-corrected chi connectivity index (χ4v) is 5.99. The summed E-state index contributed by atoms with van der Waals surface area (Å²) in [4.78, 5) is 18.4. The van der Waals surface area contributed by atoms with Crippen LogP contribution in [0.25, 0.3) is 11.0 Å². The van der Waals surface area contributed by atoms with Crippen LogP contribution in [0.4, 0.5) is 0 Å². The minimum atomic E-state index is 0.130. The molecule has 1 aliphatic carbocycles. The zero-order valence-electron chi connectivity index (χ0n) is 20.2. The highest BCUT2D eigenvalue weighted by Gasteiger charge is 2.33. The summed E-state index contributed by atoms with van der Waals surface area (Å²) in [6.07, 6.45) is 10.8. The fraction of sp³-hybridized carbons (Fsp3) is 0.731. The second-order valence-electron chi connectivity index (χ2n) is 10.4. The second-order valence-corrected chi connectivity index (χ2v) is 10.4. The molecule has 6 heteroatoms. The first-order chi connectivity index (χ1) is 15.6. The summed E-state index contributed by atoms with van der Waals surface area (Å²) in [6.45, 7) is 5.50. The van der Waals surface area contributed by atoms with Crippen molar-refractivity contribution in [1.82, 2.24) is 18.9 Å². The molecular weight excluding hydrogens is 398 g/mol. The Hall–Kier alpha value is -1.63. The summed E-state index contributed by atoms with van der Waals surface area (Å²) < 4.78 is 4.04. The van der Waals surface area contributed by atoms with Crippen molar-refractivity contribution in [1.29, 1.82) is 0 Å². The number of para-hydroxylation sites is 2. The summed E-state index contributed by atoms with van der Waals surface area (Å²) >= 11 is 0. The molecule has 0 radical (unpaired) electrons. The molecule has 2 unspecified atom stereocenters. The molecule has 0 amide bonds. The van der Waals surface area contributed by atoms with Gasteiger partial charge in [0.25, 0.3) is 0 Å². The van der Waals surface area contributed by atoms with Crippen molar-refractivity contribution in [2.75, 3.05) is 46.8 Å². The third-order valence-corrected chi connectivity index (χ3v) is 7.79. The van der Waals surface area contributed by atoms with E-state index >= 15 is 0 Å². The Morgan fingerprint density at radius 1 is 1.00 bits per heavy atom. The van der Waals surface area contributed by atoms with Crippen LogP contribution in [0.3, 0.4) is 0 Å². The van der Waals surface area contributed by atoms with Crippen molar-refractivity contribution in [2.45, 2.75) is 64.0 Å². The quantitative estimate of drug-likeness (QED) is 0.714. The van der Waals surface area contributed by atoms with Gasteiger partial charge in [-0.15, -0.1) is 0 Å². The van der Waals surface area contributed by atoms with Gasteiger partial charge in [0, 0.05) is 44.7 Å². The summed E-state index contributed by atoms with van der Waals surface area (Å²) in [5, 5.41) is 0. The highest BCUT2D eigenvalue weighted by atomic mass is 16.1. The van der Waals surface area contributed by atoms with Crippen molar-refractivity contribution >= 4 is 11.0 Å². The molecule has 178 valence electrons. The van der Waals surface area contributed by atoms with Crippen LogP contribution in [-0.2, 0) is 6.54 Å². The normalized spacial score (nSPS) is 24.1. The summed E-state index contributed by atoms with van der Waals surface area (Å²) in [7, 11) is 4.11. The smallest absolute Gasteiger partial charge is 0.329 e. The monoisotopic (exact) mass is 441 g/mol. The lowest BCUT2D eigenvalue weighted by atomic mass is 9.88. The average molecular weight is 442 g/mol. The van der Waals surface area contributed by atoms with Gasteiger partial charge < -0.3 is 15.5 Å². The number of fused-ring (bicyclic) bond motifs is 1. The SMILES string of the molecule is CN(C)CCn1c(=O)n(C2CCN(CC3CCCCCCC3)CC2CN)c2ccccc21. The van der Waals surface area contributed by atoms with E-state index in [0.29, 0.717) is 19.0 Å². The zero-order valence-corrected chi connectivity index (χ0v) is 20.2. The molecule has 0 spiro atoms. The number of nitrogens with two attached hydrogens (primary N) is 1. The van der Waals surface area contributed by atoms with E-state index in [0.717, 1.165) is 43.0 Å². The highest BCUT2D eigenvalue weighted by molar-refractivity contribution is 5.76. The van der Waals surface area contributed by atoms with Gasteiger partial charge in [0.1, 0.15) is 0 Å². The van der Waals surface area contributed by atoms with Gasteiger partial charge in [0.05, 0.1) is 11.0 Å². The Labute approximate surface area is 193 Å². The van der Waals surface area contributed by atoms with Crippen molar-refractivity contribution in [3.63, 3.8) is 0 Å². The number of rotatable bonds is 7. The zero-order chi connectivity index (χ0) is 22.5. The first-order valence-corrected chi connectivity index (χ1v) is 12.9. The van der Waals surface area contributed by atoms with E-state index in [1.165, 1.54) is 51.5 Å². The molecule has 2 fully saturated rings. The van der Waals surface area contributed by atoms with Gasteiger partial charge in [0.15, 0.2) is 0 Å².